The van der Waals surface area contributed by atoms with Gasteiger partial charge >= 0.3 is 0 Å². The molecule has 0 spiro atoms. The number of aromatic nitrogens is 1. The van der Waals surface area contributed by atoms with Crippen molar-refractivity contribution in [2.24, 2.45) is 10.9 Å². The lowest BCUT2D eigenvalue weighted by molar-refractivity contribution is 0.245. The summed E-state index contributed by atoms with van der Waals surface area (Å²) in [6.45, 7) is 2.66. The van der Waals surface area contributed by atoms with Crippen molar-refractivity contribution in [3.05, 3.63) is 65.0 Å². The number of oxime groups is 1. The molecule has 5 heteroatoms. The number of hydrogen-bond donors (Lipinski definition) is 2. The van der Waals surface area contributed by atoms with Crippen molar-refractivity contribution >= 4 is 5.84 Å². The molecule has 2 aromatic rings. The molecule has 0 aliphatic carbocycles. The van der Waals surface area contributed by atoms with Gasteiger partial charge in [0.05, 0.1) is 0 Å². The fourth-order valence-electron chi connectivity index (χ4n) is 2.77. The molecular formula is C16H18N4O. The zero-order valence-corrected chi connectivity index (χ0v) is 11.7. The van der Waals surface area contributed by atoms with E-state index in [2.05, 4.69) is 39.3 Å². The number of rotatable bonds is 3. The molecule has 1 aromatic carbocycles. The van der Waals surface area contributed by atoms with E-state index in [-0.39, 0.29) is 5.84 Å². The smallest absolute Gasteiger partial charge is 0.189 e. The second-order valence-electron chi connectivity index (χ2n) is 5.23. The first-order valence-corrected chi connectivity index (χ1v) is 6.99. The maximum Gasteiger partial charge on any atom is 0.189 e. The molecule has 0 atom stereocenters. The predicted molar refractivity (Wildman–Crippen MR) is 81.0 cm³/mol. The number of pyridine rings is 1. The van der Waals surface area contributed by atoms with Crippen LogP contribution in [0, 0.1) is 0 Å². The number of nitrogens with two attached hydrogens (primary N) is 1. The maximum absolute atomic E-state index is 8.86. The monoisotopic (exact) mass is 282 g/mol. The fraction of sp³-hybridized carbons (Fsp3) is 0.250. The Balaban J connectivity index is 1.80. The molecular weight excluding hydrogens is 264 g/mol. The molecule has 1 aromatic heterocycles. The Kier molecular flexibility index (Phi) is 3.83. The van der Waals surface area contributed by atoms with Gasteiger partial charge in [-0.1, -0.05) is 35.5 Å². The molecule has 0 unspecified atom stereocenters. The lowest BCUT2D eigenvalue weighted by atomic mass is 9.99. The molecule has 1 aliphatic heterocycles. The first-order chi connectivity index (χ1) is 10.3. The molecule has 5 nitrogen and oxygen atoms in total. The Morgan fingerprint density at radius 2 is 2.05 bits per heavy atom. The number of benzene rings is 1. The Morgan fingerprint density at radius 1 is 1.24 bits per heavy atom. The first-order valence-electron chi connectivity index (χ1n) is 6.99. The molecule has 0 radical (unpaired) electrons. The van der Waals surface area contributed by atoms with Gasteiger partial charge in [0, 0.05) is 25.8 Å². The summed E-state index contributed by atoms with van der Waals surface area (Å²) in [5, 5.41) is 11.9. The molecule has 21 heavy (non-hydrogen) atoms. The molecule has 0 bridgehead atoms. The van der Waals surface area contributed by atoms with Gasteiger partial charge in [-0.15, -0.1) is 0 Å². The lowest BCUT2D eigenvalue weighted by Gasteiger charge is -2.29. The number of amidine groups is 1. The van der Waals surface area contributed by atoms with Gasteiger partial charge in [0.1, 0.15) is 5.69 Å². The average molecular weight is 282 g/mol. The maximum atomic E-state index is 8.86. The highest BCUT2D eigenvalue weighted by Crippen LogP contribution is 2.20. The van der Waals surface area contributed by atoms with Gasteiger partial charge in [0.2, 0.25) is 0 Å². The van der Waals surface area contributed by atoms with Crippen molar-refractivity contribution in [1.29, 1.82) is 0 Å². The van der Waals surface area contributed by atoms with E-state index in [1.165, 1.54) is 11.1 Å². The molecule has 3 rings (SSSR count). The summed E-state index contributed by atoms with van der Waals surface area (Å²) >= 11 is 0. The van der Waals surface area contributed by atoms with Crippen LogP contribution in [0.1, 0.15) is 22.4 Å². The standard InChI is InChI=1S/C16H18N4O/c17-16(19-21)15-14(6-3-8-18-15)11-20-9-7-12-4-1-2-5-13(12)10-20/h1-6,8,21H,7,9-11H2,(H2,17,19). The van der Waals surface area contributed by atoms with Crippen molar-refractivity contribution in [2.75, 3.05) is 6.54 Å². The third kappa shape index (κ3) is 2.87. The van der Waals surface area contributed by atoms with Gasteiger partial charge in [-0.3, -0.25) is 9.88 Å². The largest absolute Gasteiger partial charge is 0.409 e. The SMILES string of the molecule is NC(=NO)c1ncccc1CN1CCc2ccccc2C1. The van der Waals surface area contributed by atoms with Crippen molar-refractivity contribution < 1.29 is 5.21 Å². The van der Waals surface area contributed by atoms with Crippen molar-refractivity contribution in [3.8, 4) is 0 Å². The third-order valence-electron chi connectivity index (χ3n) is 3.85. The Morgan fingerprint density at radius 3 is 2.86 bits per heavy atom. The minimum Gasteiger partial charge on any atom is -0.409 e. The summed E-state index contributed by atoms with van der Waals surface area (Å²) < 4.78 is 0. The van der Waals surface area contributed by atoms with Crippen LogP contribution in [0.3, 0.4) is 0 Å². The van der Waals surface area contributed by atoms with Crippen LogP contribution in [-0.4, -0.2) is 27.5 Å². The minimum atomic E-state index is 0.0583. The van der Waals surface area contributed by atoms with Crippen LogP contribution in [0.15, 0.2) is 47.8 Å². The highest BCUT2D eigenvalue weighted by Gasteiger charge is 2.18. The summed E-state index contributed by atoms with van der Waals surface area (Å²) in [5.74, 6) is 0.0583. The molecule has 0 fully saturated rings. The van der Waals surface area contributed by atoms with E-state index >= 15 is 0 Å². The summed E-state index contributed by atoms with van der Waals surface area (Å²) in [6, 6.07) is 12.4. The zero-order chi connectivity index (χ0) is 14.7. The Bertz CT molecular complexity index is 669. The summed E-state index contributed by atoms with van der Waals surface area (Å²) in [4.78, 5) is 6.57. The van der Waals surface area contributed by atoms with Crippen LogP contribution in [-0.2, 0) is 19.5 Å². The van der Waals surface area contributed by atoms with Gasteiger partial charge in [-0.05, 0) is 29.2 Å². The topological polar surface area (TPSA) is 74.7 Å². The second-order valence-corrected chi connectivity index (χ2v) is 5.23. The van der Waals surface area contributed by atoms with E-state index in [1.807, 2.05) is 12.1 Å². The van der Waals surface area contributed by atoms with Crippen molar-refractivity contribution in [1.82, 2.24) is 9.88 Å². The number of nitrogens with zero attached hydrogens (tertiary/aromatic N) is 3. The van der Waals surface area contributed by atoms with Crippen LogP contribution in [0.5, 0.6) is 0 Å². The van der Waals surface area contributed by atoms with Gasteiger partial charge in [0.15, 0.2) is 5.84 Å². The van der Waals surface area contributed by atoms with Crippen molar-refractivity contribution in [2.45, 2.75) is 19.5 Å². The van der Waals surface area contributed by atoms with Crippen LogP contribution in [0.2, 0.25) is 0 Å². The van der Waals surface area contributed by atoms with E-state index in [0.29, 0.717) is 5.69 Å². The van der Waals surface area contributed by atoms with Gasteiger partial charge < -0.3 is 10.9 Å². The molecule has 3 N–H and O–H groups in total. The predicted octanol–water partition coefficient (Wildman–Crippen LogP) is 1.73. The second kappa shape index (κ2) is 5.93. The van der Waals surface area contributed by atoms with Gasteiger partial charge in [0.25, 0.3) is 0 Å². The highest BCUT2D eigenvalue weighted by molar-refractivity contribution is 5.96. The summed E-state index contributed by atoms with van der Waals surface area (Å²) in [7, 11) is 0. The van der Waals surface area contributed by atoms with Crippen molar-refractivity contribution in [3.63, 3.8) is 0 Å². The Hall–Kier alpha value is -2.40. The summed E-state index contributed by atoms with van der Waals surface area (Å²) in [6.07, 6.45) is 2.71. The van der Waals surface area contributed by atoms with E-state index in [9.17, 15) is 0 Å². The van der Waals surface area contributed by atoms with Crippen LogP contribution in [0.4, 0.5) is 0 Å². The molecule has 1 aliphatic rings. The van der Waals surface area contributed by atoms with E-state index < -0.39 is 0 Å². The van der Waals surface area contributed by atoms with Gasteiger partial charge in [-0.2, -0.15) is 0 Å². The van der Waals surface area contributed by atoms with Crippen LogP contribution < -0.4 is 5.73 Å². The number of fused-ring (bicyclic) bond motifs is 1. The zero-order valence-electron chi connectivity index (χ0n) is 11.7. The highest BCUT2D eigenvalue weighted by atomic mass is 16.4. The lowest BCUT2D eigenvalue weighted by Crippen LogP contribution is -2.31. The quantitative estimate of drug-likeness (QED) is 0.389. The normalized spacial score (nSPS) is 15.7. The Labute approximate surface area is 123 Å². The molecule has 2 heterocycles. The van der Waals surface area contributed by atoms with Gasteiger partial charge in [-0.25, -0.2) is 0 Å². The average Bonchev–Trinajstić information content (AvgIpc) is 2.54. The third-order valence-corrected chi connectivity index (χ3v) is 3.85. The minimum absolute atomic E-state index is 0.0583. The molecule has 108 valence electrons. The molecule has 0 amide bonds. The molecule has 0 saturated carbocycles. The van der Waals surface area contributed by atoms with Crippen LogP contribution >= 0.6 is 0 Å². The van der Waals surface area contributed by atoms with Crippen LogP contribution in [0.25, 0.3) is 0 Å². The first kappa shape index (κ1) is 13.6. The van der Waals surface area contributed by atoms with E-state index in [1.54, 1.807) is 6.20 Å². The summed E-state index contributed by atoms with van der Waals surface area (Å²) in [5.41, 5.74) is 10.0. The molecule has 0 saturated heterocycles. The van der Waals surface area contributed by atoms with E-state index in [4.69, 9.17) is 10.9 Å². The number of hydrogen-bond acceptors (Lipinski definition) is 4. The van der Waals surface area contributed by atoms with E-state index in [0.717, 1.165) is 31.6 Å². The fourth-order valence-corrected chi connectivity index (χ4v) is 2.77.